The zero-order valence-electron chi connectivity index (χ0n) is 45.5. The molecule has 8 amide bonds. The first-order valence-electron chi connectivity index (χ1n) is 27.0. The molecule has 3 aliphatic heterocycles. The second-order valence-corrected chi connectivity index (χ2v) is 21.5. The van der Waals surface area contributed by atoms with Gasteiger partial charge in [0.05, 0.1) is 42.7 Å². The Morgan fingerprint density at radius 3 is 2.15 bits per heavy atom. The molecule has 2 unspecified atom stereocenters. The number of amides is 8. The minimum absolute atomic E-state index is 0.0189. The van der Waals surface area contributed by atoms with Gasteiger partial charge in [0.2, 0.25) is 35.4 Å². The predicted octanol–water partition coefficient (Wildman–Crippen LogP) is 4.47. The summed E-state index contributed by atoms with van der Waals surface area (Å²) in [6.45, 7) is 11.6. The number of carbonyl (C=O) groups excluding carboxylic acids is 8. The van der Waals surface area contributed by atoms with Crippen molar-refractivity contribution in [3.05, 3.63) is 77.9 Å². The highest BCUT2D eigenvalue weighted by atomic mass is 16.5. The molecule has 0 radical (unpaired) electrons. The number of ether oxygens (including phenoxy) is 2. The summed E-state index contributed by atoms with van der Waals surface area (Å²) in [7, 11) is 6.78. The van der Waals surface area contributed by atoms with Gasteiger partial charge in [-0.25, -0.2) is 0 Å². The van der Waals surface area contributed by atoms with Crippen LogP contribution < -0.4 is 21.3 Å². The standard InChI is InChI=1S/C57H82N8O10/c1-10-36(4)51(63(7)57(73)50(35(2)3)61-56(72)52-42-31-40(42)34-62(52)6)45(74-8)32-49(69)64-29-17-20-44(64)53(75-9)37(5)54(70)60-43(30-38-18-13-11-14-19-38)55(71)59-41-24-22-39(23-25-41)33-58-46(66)21-15-12-16-28-65-47(67)26-27-48(65)68/h11,13-14,18-19,22-27,35-37,40,42-45,50-53H,10,12,15-17,20-21,28-34H2,1-9H3,(H,58,66)(H,59,71)(H,60,70)(H,61,72)/t36-,37+,40?,42?,43-,44-,45+,50-,51-,52-,53+/m0/s1. The van der Waals surface area contributed by atoms with E-state index in [0.29, 0.717) is 75.6 Å². The fraction of sp³-hybridized carbons (Fsp3) is 0.614. The van der Waals surface area contributed by atoms with Crippen molar-refractivity contribution in [2.24, 2.45) is 29.6 Å². The Morgan fingerprint density at radius 1 is 0.840 bits per heavy atom. The highest BCUT2D eigenvalue weighted by molar-refractivity contribution is 6.12. The molecule has 3 heterocycles. The van der Waals surface area contributed by atoms with Crippen molar-refractivity contribution in [2.45, 2.75) is 148 Å². The van der Waals surface area contributed by atoms with E-state index in [1.54, 1.807) is 55.1 Å². The lowest BCUT2D eigenvalue weighted by Gasteiger charge is -2.41. The quantitative estimate of drug-likeness (QED) is 0.0690. The number of hydrogen-bond donors (Lipinski definition) is 4. The number of piperidine rings is 1. The number of likely N-dealkylation sites (tertiary alicyclic amines) is 2. The average molecular weight is 1040 g/mol. The number of hydrogen-bond acceptors (Lipinski definition) is 11. The van der Waals surface area contributed by atoms with Crippen LogP contribution >= 0.6 is 0 Å². The molecule has 1 saturated carbocycles. The van der Waals surface area contributed by atoms with Gasteiger partial charge in [-0.05, 0) is 86.1 Å². The number of nitrogens with zero attached hydrogens (tertiary/aromatic N) is 4. The number of anilines is 1. The summed E-state index contributed by atoms with van der Waals surface area (Å²) in [4.78, 5) is 114. The van der Waals surface area contributed by atoms with E-state index in [9.17, 15) is 38.4 Å². The Balaban J connectivity index is 1.04. The molecule has 4 N–H and O–H groups in total. The SMILES string of the molecule is CC[C@H](C)[C@@H]([C@@H](CC(=O)N1CCC[C@H]1[C@H](OC)[C@@H](C)C(=O)N[C@@H](Cc1ccccc1)C(=O)Nc1ccc(CNC(=O)CCCCCN2C(=O)C=CC2=O)cc1)OC)N(C)C(=O)[C@@H](NC(=O)[C@@H]1C2CC2CN1C)C(C)C. The molecule has 410 valence electrons. The molecule has 18 heteroatoms. The van der Waals surface area contributed by atoms with Crippen LogP contribution in [0, 0.1) is 29.6 Å². The van der Waals surface area contributed by atoms with E-state index < -0.39 is 54.1 Å². The lowest BCUT2D eigenvalue weighted by molar-refractivity contribution is -0.148. The molecular formula is C57H82N8O10. The maximum absolute atomic E-state index is 14.5. The number of benzene rings is 2. The van der Waals surface area contributed by atoms with Crippen molar-refractivity contribution in [1.29, 1.82) is 0 Å². The number of unbranched alkanes of at least 4 members (excludes halogenated alkanes) is 2. The molecule has 0 aromatic heterocycles. The molecule has 18 nitrogen and oxygen atoms in total. The van der Waals surface area contributed by atoms with Gasteiger partial charge < -0.3 is 40.5 Å². The third-order valence-electron chi connectivity index (χ3n) is 16.0. The van der Waals surface area contributed by atoms with Crippen molar-refractivity contribution >= 4 is 52.9 Å². The minimum atomic E-state index is -0.967. The van der Waals surface area contributed by atoms with Crippen LogP contribution in [0.3, 0.4) is 0 Å². The van der Waals surface area contributed by atoms with Gasteiger partial charge in [0.15, 0.2) is 0 Å². The van der Waals surface area contributed by atoms with Gasteiger partial charge >= 0.3 is 0 Å². The first-order valence-corrected chi connectivity index (χ1v) is 27.0. The minimum Gasteiger partial charge on any atom is -0.379 e. The van der Waals surface area contributed by atoms with Crippen molar-refractivity contribution in [2.75, 3.05) is 53.3 Å². The van der Waals surface area contributed by atoms with Crippen LogP contribution in [-0.4, -0.2) is 157 Å². The number of imide groups is 1. The smallest absolute Gasteiger partial charge is 0.253 e. The molecule has 75 heavy (non-hydrogen) atoms. The van der Waals surface area contributed by atoms with Gasteiger partial charge in [0, 0.05) is 78.1 Å². The summed E-state index contributed by atoms with van der Waals surface area (Å²) in [5, 5.41) is 12.0. The maximum atomic E-state index is 14.5. The Hall–Kier alpha value is -5.98. The van der Waals surface area contributed by atoms with Crippen LogP contribution in [0.4, 0.5) is 5.69 Å². The average Bonchev–Trinajstić information content (AvgIpc) is 3.63. The molecule has 0 spiro atoms. The van der Waals surface area contributed by atoms with Crippen LogP contribution in [0.15, 0.2) is 66.7 Å². The van der Waals surface area contributed by atoms with Crippen molar-refractivity contribution < 1.29 is 47.8 Å². The lowest BCUT2D eigenvalue weighted by atomic mass is 9.89. The highest BCUT2D eigenvalue weighted by Crippen LogP contribution is 2.49. The first-order chi connectivity index (χ1) is 35.9. The monoisotopic (exact) mass is 1040 g/mol. The molecule has 2 aromatic carbocycles. The fourth-order valence-corrected chi connectivity index (χ4v) is 11.3. The second kappa shape index (κ2) is 27.2. The molecule has 2 saturated heterocycles. The highest BCUT2D eigenvalue weighted by Gasteiger charge is 2.54. The predicted molar refractivity (Wildman–Crippen MR) is 284 cm³/mol. The maximum Gasteiger partial charge on any atom is 0.253 e. The van der Waals surface area contributed by atoms with Crippen LogP contribution in [0.5, 0.6) is 0 Å². The largest absolute Gasteiger partial charge is 0.379 e. The van der Waals surface area contributed by atoms with Crippen molar-refractivity contribution in [3.63, 3.8) is 0 Å². The normalized spacial score (nSPS) is 21.9. The third kappa shape index (κ3) is 15.1. The molecule has 0 bridgehead atoms. The van der Waals surface area contributed by atoms with Gasteiger partial charge in [-0.2, -0.15) is 0 Å². The number of methoxy groups -OCH3 is 2. The molecule has 3 fully saturated rings. The topological polar surface area (TPSA) is 216 Å². The summed E-state index contributed by atoms with van der Waals surface area (Å²) in [5.41, 5.74) is 2.17. The van der Waals surface area contributed by atoms with Crippen LogP contribution in [0.1, 0.15) is 104 Å². The van der Waals surface area contributed by atoms with Crippen LogP contribution in [0.25, 0.3) is 0 Å². The number of fused-ring (bicyclic) bond motifs is 1. The fourth-order valence-electron chi connectivity index (χ4n) is 11.3. The zero-order valence-corrected chi connectivity index (χ0v) is 45.5. The van der Waals surface area contributed by atoms with Gasteiger partial charge in [-0.1, -0.05) is 89.9 Å². The molecule has 11 atom stereocenters. The lowest BCUT2D eigenvalue weighted by Crippen LogP contribution is -2.59. The summed E-state index contributed by atoms with van der Waals surface area (Å²) in [6, 6.07) is 13.6. The van der Waals surface area contributed by atoms with Gasteiger partial charge in [0.25, 0.3) is 11.8 Å². The molecular weight excluding hydrogens is 957 g/mol. The molecule has 6 rings (SSSR count). The van der Waals surface area contributed by atoms with Crippen molar-refractivity contribution in [3.8, 4) is 0 Å². The molecule has 4 aliphatic rings. The molecule has 2 aromatic rings. The number of carbonyl (C=O) groups is 8. The van der Waals surface area contributed by atoms with Crippen LogP contribution in [-0.2, 0) is 60.8 Å². The van der Waals surface area contributed by atoms with E-state index >= 15 is 0 Å². The zero-order chi connectivity index (χ0) is 54.5. The van der Waals surface area contributed by atoms with E-state index in [4.69, 9.17) is 9.47 Å². The third-order valence-corrected chi connectivity index (χ3v) is 16.0. The summed E-state index contributed by atoms with van der Waals surface area (Å²) >= 11 is 0. The van der Waals surface area contributed by atoms with E-state index in [1.807, 2.05) is 65.1 Å². The Kier molecular flexibility index (Phi) is 21.1. The Labute approximate surface area is 443 Å². The number of rotatable bonds is 28. The Morgan fingerprint density at radius 2 is 1.53 bits per heavy atom. The van der Waals surface area contributed by atoms with E-state index in [2.05, 4.69) is 26.2 Å². The molecule has 1 aliphatic carbocycles. The van der Waals surface area contributed by atoms with E-state index in [0.717, 1.165) is 24.1 Å². The van der Waals surface area contributed by atoms with Gasteiger partial charge in [-0.15, -0.1) is 0 Å². The summed E-state index contributed by atoms with van der Waals surface area (Å²) < 4.78 is 12.2. The van der Waals surface area contributed by atoms with Crippen molar-refractivity contribution in [1.82, 2.24) is 35.6 Å². The van der Waals surface area contributed by atoms with Gasteiger partial charge in [-0.3, -0.25) is 48.2 Å². The second-order valence-electron chi connectivity index (χ2n) is 21.5. The van der Waals surface area contributed by atoms with E-state index in [-0.39, 0.29) is 72.7 Å². The summed E-state index contributed by atoms with van der Waals surface area (Å²) in [6.07, 6.45) is 6.62. The first kappa shape index (κ1) is 58.3. The van der Waals surface area contributed by atoms with E-state index in [1.165, 1.54) is 24.2 Å². The summed E-state index contributed by atoms with van der Waals surface area (Å²) in [5.74, 6) is -2.24. The Bertz CT molecular complexity index is 2330. The van der Waals surface area contributed by atoms with Crippen LogP contribution in [0.2, 0.25) is 0 Å². The van der Waals surface area contributed by atoms with Gasteiger partial charge in [0.1, 0.15) is 12.1 Å². The number of nitrogens with one attached hydrogen (secondary N) is 4. The number of likely N-dealkylation sites (N-methyl/N-ethyl adjacent to an activating group) is 2.